The normalized spacial score (nSPS) is 11.3. The molecule has 0 spiro atoms. The van der Waals surface area contributed by atoms with E-state index >= 15 is 0 Å². The van der Waals surface area contributed by atoms with Gasteiger partial charge in [0.2, 0.25) is 0 Å². The Balaban J connectivity index is 2.30. The van der Waals surface area contributed by atoms with Crippen molar-refractivity contribution in [2.75, 3.05) is 6.61 Å². The number of benzene rings is 2. The molecule has 2 rings (SSSR count). The van der Waals surface area contributed by atoms with Crippen LogP contribution in [0.5, 0.6) is 0 Å². The zero-order chi connectivity index (χ0) is 17.0. The van der Waals surface area contributed by atoms with E-state index in [1.807, 2.05) is 0 Å². The molecule has 122 valence electrons. The quantitative estimate of drug-likeness (QED) is 0.720. The van der Waals surface area contributed by atoms with Crippen molar-refractivity contribution in [3.8, 4) is 11.1 Å². The summed E-state index contributed by atoms with van der Waals surface area (Å²) in [4.78, 5) is 11.5. The highest BCUT2D eigenvalue weighted by Gasteiger charge is 2.30. The molecule has 0 amide bonds. The van der Waals surface area contributed by atoms with Crippen molar-refractivity contribution >= 4 is 17.6 Å². The summed E-state index contributed by atoms with van der Waals surface area (Å²) in [7, 11) is 0. The number of alkyl halides is 3. The van der Waals surface area contributed by atoms with E-state index in [0.29, 0.717) is 23.3 Å². The molecule has 0 bridgehead atoms. The minimum Gasteiger partial charge on any atom is -0.466 e. The molecule has 0 radical (unpaired) electrons. The van der Waals surface area contributed by atoms with Gasteiger partial charge in [-0.05, 0) is 30.2 Å². The van der Waals surface area contributed by atoms with Gasteiger partial charge in [-0.2, -0.15) is 13.2 Å². The zero-order valence-electron chi connectivity index (χ0n) is 12.3. The lowest BCUT2D eigenvalue weighted by molar-refractivity contribution is -0.142. The SMILES string of the molecule is CCOC(=O)Cc1cccc(-c2ccc(C(F)(F)F)cc2Cl)c1. The van der Waals surface area contributed by atoms with Gasteiger partial charge in [-0.1, -0.05) is 41.9 Å². The Labute approximate surface area is 136 Å². The molecule has 0 aliphatic heterocycles. The second kappa shape index (κ2) is 7.04. The number of esters is 1. The predicted octanol–water partition coefficient (Wildman–Crippen LogP) is 5.13. The number of rotatable bonds is 4. The summed E-state index contributed by atoms with van der Waals surface area (Å²) in [6.45, 7) is 2.01. The van der Waals surface area contributed by atoms with E-state index in [1.54, 1.807) is 31.2 Å². The van der Waals surface area contributed by atoms with E-state index in [1.165, 1.54) is 6.07 Å². The number of ether oxygens (including phenoxy) is 1. The molecule has 0 atom stereocenters. The van der Waals surface area contributed by atoms with Crippen LogP contribution in [0.3, 0.4) is 0 Å². The molecule has 2 nitrogen and oxygen atoms in total. The maximum Gasteiger partial charge on any atom is 0.416 e. The molecule has 0 saturated heterocycles. The second-order valence-electron chi connectivity index (χ2n) is 4.87. The van der Waals surface area contributed by atoms with Crippen LogP contribution in [0.2, 0.25) is 5.02 Å². The Morgan fingerprint density at radius 1 is 1.17 bits per heavy atom. The maximum atomic E-state index is 12.7. The summed E-state index contributed by atoms with van der Waals surface area (Å²) >= 11 is 5.99. The highest BCUT2D eigenvalue weighted by molar-refractivity contribution is 6.33. The molecule has 0 unspecified atom stereocenters. The van der Waals surface area contributed by atoms with E-state index in [-0.39, 0.29) is 17.4 Å². The molecule has 0 aromatic heterocycles. The molecule has 0 heterocycles. The Morgan fingerprint density at radius 2 is 1.91 bits per heavy atom. The third kappa shape index (κ3) is 4.48. The van der Waals surface area contributed by atoms with Crippen LogP contribution in [0, 0.1) is 0 Å². The van der Waals surface area contributed by atoms with Crippen molar-refractivity contribution in [1.82, 2.24) is 0 Å². The number of carbonyl (C=O) groups is 1. The van der Waals surface area contributed by atoms with Crippen LogP contribution in [-0.4, -0.2) is 12.6 Å². The molecule has 0 saturated carbocycles. The molecular formula is C17H14ClF3O2. The number of halogens is 4. The van der Waals surface area contributed by atoms with Gasteiger partial charge < -0.3 is 4.74 Å². The standard InChI is InChI=1S/C17H14ClF3O2/c1-2-23-16(22)9-11-4-3-5-12(8-11)14-7-6-13(10-15(14)18)17(19,20)21/h3-8,10H,2,9H2,1H3. The van der Waals surface area contributed by atoms with Gasteiger partial charge in [0.1, 0.15) is 0 Å². The average molecular weight is 343 g/mol. The van der Waals surface area contributed by atoms with Gasteiger partial charge in [-0.3, -0.25) is 4.79 Å². The molecule has 6 heteroatoms. The first-order chi connectivity index (χ1) is 10.8. The third-order valence-electron chi connectivity index (χ3n) is 3.19. The molecule has 2 aromatic carbocycles. The largest absolute Gasteiger partial charge is 0.466 e. The molecule has 23 heavy (non-hydrogen) atoms. The Kier molecular flexibility index (Phi) is 5.31. The van der Waals surface area contributed by atoms with E-state index in [9.17, 15) is 18.0 Å². The zero-order valence-corrected chi connectivity index (χ0v) is 13.0. The van der Waals surface area contributed by atoms with Crippen LogP contribution in [-0.2, 0) is 22.1 Å². The lowest BCUT2D eigenvalue weighted by atomic mass is 10.0. The van der Waals surface area contributed by atoms with Gasteiger partial charge in [0.05, 0.1) is 18.6 Å². The van der Waals surface area contributed by atoms with Crippen molar-refractivity contribution in [2.45, 2.75) is 19.5 Å². The first kappa shape index (κ1) is 17.3. The maximum absolute atomic E-state index is 12.7. The van der Waals surface area contributed by atoms with Crippen molar-refractivity contribution in [2.24, 2.45) is 0 Å². The second-order valence-corrected chi connectivity index (χ2v) is 5.28. The number of carbonyl (C=O) groups excluding carboxylic acids is 1. The minimum absolute atomic E-state index is 0.00751. The van der Waals surface area contributed by atoms with Crippen molar-refractivity contribution in [3.63, 3.8) is 0 Å². The van der Waals surface area contributed by atoms with Gasteiger partial charge in [0.15, 0.2) is 0 Å². The molecule has 0 N–H and O–H groups in total. The first-order valence-corrected chi connectivity index (χ1v) is 7.30. The Bertz CT molecular complexity index is 711. The highest BCUT2D eigenvalue weighted by Crippen LogP contribution is 2.35. The summed E-state index contributed by atoms with van der Waals surface area (Å²) in [5.41, 5.74) is 1.03. The van der Waals surface area contributed by atoms with Gasteiger partial charge in [0, 0.05) is 10.6 Å². The van der Waals surface area contributed by atoms with E-state index < -0.39 is 11.7 Å². The molecule has 0 fully saturated rings. The van der Waals surface area contributed by atoms with Crippen LogP contribution in [0.1, 0.15) is 18.1 Å². The number of hydrogen-bond acceptors (Lipinski definition) is 2. The van der Waals surface area contributed by atoms with Crippen LogP contribution in [0.15, 0.2) is 42.5 Å². The molecular weight excluding hydrogens is 329 g/mol. The summed E-state index contributed by atoms with van der Waals surface area (Å²) < 4.78 is 42.9. The lowest BCUT2D eigenvalue weighted by Crippen LogP contribution is -2.07. The van der Waals surface area contributed by atoms with E-state index in [2.05, 4.69) is 0 Å². The lowest BCUT2D eigenvalue weighted by Gasteiger charge is -2.11. The fourth-order valence-corrected chi connectivity index (χ4v) is 2.44. The topological polar surface area (TPSA) is 26.3 Å². The molecule has 0 aliphatic carbocycles. The van der Waals surface area contributed by atoms with Crippen LogP contribution < -0.4 is 0 Å². The van der Waals surface area contributed by atoms with Crippen LogP contribution in [0.25, 0.3) is 11.1 Å². The van der Waals surface area contributed by atoms with Crippen molar-refractivity contribution in [1.29, 1.82) is 0 Å². The van der Waals surface area contributed by atoms with Crippen LogP contribution >= 0.6 is 11.6 Å². The fraction of sp³-hybridized carbons (Fsp3) is 0.235. The minimum atomic E-state index is -4.44. The third-order valence-corrected chi connectivity index (χ3v) is 3.50. The summed E-state index contributed by atoms with van der Waals surface area (Å²) in [6.07, 6.45) is -4.34. The first-order valence-electron chi connectivity index (χ1n) is 6.93. The smallest absolute Gasteiger partial charge is 0.416 e. The summed E-state index contributed by atoms with van der Waals surface area (Å²) in [5.74, 6) is -0.358. The van der Waals surface area contributed by atoms with Gasteiger partial charge in [-0.15, -0.1) is 0 Å². The fourth-order valence-electron chi connectivity index (χ4n) is 2.15. The number of hydrogen-bond donors (Lipinski definition) is 0. The molecule has 0 aliphatic rings. The highest BCUT2D eigenvalue weighted by atomic mass is 35.5. The van der Waals surface area contributed by atoms with Crippen molar-refractivity contribution < 1.29 is 22.7 Å². The molecule has 2 aromatic rings. The van der Waals surface area contributed by atoms with E-state index in [4.69, 9.17) is 16.3 Å². The predicted molar refractivity (Wildman–Crippen MR) is 82.2 cm³/mol. The van der Waals surface area contributed by atoms with Gasteiger partial charge >= 0.3 is 12.1 Å². The summed E-state index contributed by atoms with van der Waals surface area (Å²) in [6, 6.07) is 10.1. The Morgan fingerprint density at radius 3 is 2.52 bits per heavy atom. The van der Waals surface area contributed by atoms with E-state index in [0.717, 1.165) is 12.1 Å². The summed E-state index contributed by atoms with van der Waals surface area (Å²) in [5, 5.41) is 0.00751. The van der Waals surface area contributed by atoms with Crippen molar-refractivity contribution in [3.05, 3.63) is 58.6 Å². The van der Waals surface area contributed by atoms with Crippen LogP contribution in [0.4, 0.5) is 13.2 Å². The monoisotopic (exact) mass is 342 g/mol. The average Bonchev–Trinajstić information content (AvgIpc) is 2.46. The Hall–Kier alpha value is -2.01. The van der Waals surface area contributed by atoms with Gasteiger partial charge in [-0.25, -0.2) is 0 Å². The van der Waals surface area contributed by atoms with Gasteiger partial charge in [0.25, 0.3) is 0 Å².